The lowest BCUT2D eigenvalue weighted by molar-refractivity contribution is -0.134. The lowest BCUT2D eigenvalue weighted by Crippen LogP contribution is -2.03. The first-order chi connectivity index (χ1) is 18.6. The van der Waals surface area contributed by atoms with Crippen LogP contribution in [0.3, 0.4) is 0 Å². The van der Waals surface area contributed by atoms with Gasteiger partial charge in [-0.15, -0.1) is 0 Å². The van der Waals surface area contributed by atoms with Crippen LogP contribution >= 0.6 is 0 Å². The third-order valence-corrected chi connectivity index (χ3v) is 4.34. The SMILES string of the molecule is CC(=O)O.CC(O)CO.CCCCCC(O)O.CCCCOCCCC.c1ccc(Oc2ccccc2)cc1. The van der Waals surface area contributed by atoms with Crippen LogP contribution in [0.1, 0.15) is 86.0 Å². The Kier molecular flexibility index (Phi) is 35.3. The number of unbranched alkanes of at least 4 members (excludes halogenated alkanes) is 4. The highest BCUT2D eigenvalue weighted by Gasteiger charge is 1.94. The van der Waals surface area contributed by atoms with Crippen LogP contribution in [0.5, 0.6) is 11.5 Å². The first-order valence-electron chi connectivity index (χ1n) is 13.8. The van der Waals surface area contributed by atoms with Crippen molar-refractivity contribution in [2.75, 3.05) is 19.8 Å². The van der Waals surface area contributed by atoms with Crippen LogP contribution in [-0.2, 0) is 9.53 Å². The fourth-order valence-electron chi connectivity index (χ4n) is 2.28. The number of carboxylic acids is 1. The highest BCUT2D eigenvalue weighted by atomic mass is 16.5. The molecule has 2 aromatic carbocycles. The molecule has 0 amide bonds. The Morgan fingerprint density at radius 1 is 0.744 bits per heavy atom. The van der Waals surface area contributed by atoms with Crippen LogP contribution in [0.2, 0.25) is 0 Å². The number of aliphatic hydroxyl groups excluding tert-OH is 3. The van der Waals surface area contributed by atoms with Crippen molar-refractivity contribution < 1.29 is 39.8 Å². The number of aliphatic hydroxyl groups is 4. The number of rotatable bonds is 13. The summed E-state index contributed by atoms with van der Waals surface area (Å²) in [6.45, 7) is 10.8. The molecule has 0 aliphatic carbocycles. The van der Waals surface area contributed by atoms with E-state index in [1.54, 1.807) is 0 Å². The molecule has 0 aromatic heterocycles. The lowest BCUT2D eigenvalue weighted by atomic mass is 10.2. The van der Waals surface area contributed by atoms with Gasteiger partial charge in [0.15, 0.2) is 6.29 Å². The number of aliphatic carboxylic acids is 1. The van der Waals surface area contributed by atoms with E-state index in [1.807, 2.05) is 60.7 Å². The van der Waals surface area contributed by atoms with E-state index in [4.69, 9.17) is 39.8 Å². The summed E-state index contributed by atoms with van der Waals surface area (Å²) >= 11 is 0. The topological polar surface area (TPSA) is 137 Å². The molecule has 0 radical (unpaired) electrons. The molecule has 8 heteroatoms. The Morgan fingerprint density at radius 3 is 1.38 bits per heavy atom. The van der Waals surface area contributed by atoms with Gasteiger partial charge in [0.1, 0.15) is 11.5 Å². The predicted octanol–water partition coefficient (Wildman–Crippen LogP) is 6.41. The van der Waals surface area contributed by atoms with E-state index in [0.29, 0.717) is 6.42 Å². The average Bonchev–Trinajstić information content (AvgIpc) is 2.91. The van der Waals surface area contributed by atoms with E-state index in [1.165, 1.54) is 32.6 Å². The zero-order valence-corrected chi connectivity index (χ0v) is 24.7. The van der Waals surface area contributed by atoms with E-state index in [9.17, 15) is 0 Å². The summed E-state index contributed by atoms with van der Waals surface area (Å²) in [5.41, 5.74) is 0. The quantitative estimate of drug-likeness (QED) is 0.141. The molecule has 2 rings (SSSR count). The summed E-state index contributed by atoms with van der Waals surface area (Å²) in [6, 6.07) is 19.5. The molecule has 0 saturated carbocycles. The smallest absolute Gasteiger partial charge is 0.300 e. The van der Waals surface area contributed by atoms with E-state index in [2.05, 4.69) is 20.8 Å². The van der Waals surface area contributed by atoms with Crippen LogP contribution in [0, 0.1) is 0 Å². The number of carbonyl (C=O) groups is 1. The number of para-hydroxylation sites is 2. The van der Waals surface area contributed by atoms with E-state index in [-0.39, 0.29) is 6.61 Å². The monoisotopic (exact) mass is 554 g/mol. The molecule has 0 saturated heterocycles. The largest absolute Gasteiger partial charge is 0.481 e. The van der Waals surface area contributed by atoms with Gasteiger partial charge >= 0.3 is 0 Å². The van der Waals surface area contributed by atoms with Crippen molar-refractivity contribution in [1.29, 1.82) is 0 Å². The molecule has 0 aliphatic heterocycles. The number of hydrogen-bond acceptors (Lipinski definition) is 7. The van der Waals surface area contributed by atoms with Crippen molar-refractivity contribution in [1.82, 2.24) is 0 Å². The Balaban J connectivity index is -0.000000444. The van der Waals surface area contributed by atoms with Crippen molar-refractivity contribution in [3.63, 3.8) is 0 Å². The minimum atomic E-state index is -1.10. The third-order valence-electron chi connectivity index (χ3n) is 4.34. The molecule has 5 N–H and O–H groups in total. The van der Waals surface area contributed by atoms with Gasteiger partial charge in [-0.3, -0.25) is 4.79 Å². The molecule has 1 atom stereocenters. The molecule has 226 valence electrons. The highest BCUT2D eigenvalue weighted by Crippen LogP contribution is 2.19. The van der Waals surface area contributed by atoms with Crippen molar-refractivity contribution in [3.05, 3.63) is 60.7 Å². The maximum Gasteiger partial charge on any atom is 0.300 e. The second-order valence-electron chi connectivity index (χ2n) is 8.57. The second kappa shape index (κ2) is 33.5. The molecule has 8 nitrogen and oxygen atoms in total. The third kappa shape index (κ3) is 42.8. The molecule has 0 heterocycles. The Hall–Kier alpha value is -2.49. The number of benzene rings is 2. The molecule has 0 aliphatic rings. The minimum Gasteiger partial charge on any atom is -0.481 e. The summed E-state index contributed by atoms with van der Waals surface area (Å²) in [5.74, 6) is 0.905. The molecule has 0 bridgehead atoms. The predicted molar refractivity (Wildman–Crippen MR) is 158 cm³/mol. The molecule has 39 heavy (non-hydrogen) atoms. The van der Waals surface area contributed by atoms with Gasteiger partial charge in [0.2, 0.25) is 0 Å². The van der Waals surface area contributed by atoms with Crippen LogP contribution in [-0.4, -0.2) is 63.7 Å². The molecular formula is C31H54O8. The fourth-order valence-corrected chi connectivity index (χ4v) is 2.28. The molecule has 1 unspecified atom stereocenters. The summed E-state index contributed by atoms with van der Waals surface area (Å²) in [5, 5.41) is 40.1. The van der Waals surface area contributed by atoms with Gasteiger partial charge in [-0.2, -0.15) is 0 Å². The molecule has 0 fully saturated rings. The van der Waals surface area contributed by atoms with E-state index >= 15 is 0 Å². The van der Waals surface area contributed by atoms with Crippen LogP contribution < -0.4 is 4.74 Å². The van der Waals surface area contributed by atoms with Crippen molar-refractivity contribution in [2.24, 2.45) is 0 Å². The standard InChI is InChI=1S/C12H10O.C8H18O.C6H14O2.C3H8O2.C2H4O2/c1-3-7-11(8-4-1)13-12-9-5-2-6-10-12;1-3-5-7-9-8-6-4-2;1-2-3-4-5-6(7)8;1-3(5)2-4;1-2(3)4/h1-10H;3-8H2,1-2H3;6-8H,2-5H2,1H3;3-5H,2H2,1H3;1H3,(H,3,4). The Bertz CT molecular complexity index is 662. The van der Waals surface area contributed by atoms with Gasteiger partial charge < -0.3 is 35.0 Å². The van der Waals surface area contributed by atoms with Gasteiger partial charge in [-0.1, -0.05) is 82.9 Å². The first-order valence-corrected chi connectivity index (χ1v) is 13.8. The van der Waals surface area contributed by atoms with Crippen LogP contribution in [0.4, 0.5) is 0 Å². The zero-order chi connectivity index (χ0) is 30.2. The van der Waals surface area contributed by atoms with Crippen LogP contribution in [0.25, 0.3) is 0 Å². The zero-order valence-electron chi connectivity index (χ0n) is 24.7. The van der Waals surface area contributed by atoms with Crippen molar-refractivity contribution in [2.45, 2.75) is 98.4 Å². The summed E-state index contributed by atoms with van der Waals surface area (Å²) < 4.78 is 10.9. The maximum absolute atomic E-state index is 9.00. The minimum absolute atomic E-state index is 0.139. The second-order valence-corrected chi connectivity index (χ2v) is 8.57. The number of carboxylic acid groups (broad SMARTS) is 1. The van der Waals surface area contributed by atoms with Crippen molar-refractivity contribution >= 4 is 5.97 Å². The number of ether oxygens (including phenoxy) is 2. The number of hydrogen-bond donors (Lipinski definition) is 5. The van der Waals surface area contributed by atoms with Gasteiger partial charge in [0.05, 0.1) is 12.7 Å². The summed E-state index contributed by atoms with van der Waals surface area (Å²) in [4.78, 5) is 9.00. The summed E-state index contributed by atoms with van der Waals surface area (Å²) in [6.07, 6.45) is 6.93. The normalized spacial score (nSPS) is 10.2. The maximum atomic E-state index is 9.00. The Morgan fingerprint density at radius 2 is 1.10 bits per heavy atom. The molecule has 0 spiro atoms. The van der Waals surface area contributed by atoms with E-state index < -0.39 is 18.4 Å². The Labute approximate surface area is 236 Å². The van der Waals surface area contributed by atoms with Gasteiger partial charge in [0, 0.05) is 20.1 Å². The fraction of sp³-hybridized carbons (Fsp3) is 0.581. The first kappa shape index (κ1) is 41.0. The van der Waals surface area contributed by atoms with Crippen molar-refractivity contribution in [3.8, 4) is 11.5 Å². The lowest BCUT2D eigenvalue weighted by Gasteiger charge is -2.03. The highest BCUT2D eigenvalue weighted by molar-refractivity contribution is 5.62. The van der Waals surface area contributed by atoms with Gasteiger partial charge in [-0.25, -0.2) is 0 Å². The van der Waals surface area contributed by atoms with Gasteiger partial charge in [-0.05, 0) is 56.9 Å². The molecular weight excluding hydrogens is 500 g/mol. The van der Waals surface area contributed by atoms with Crippen LogP contribution in [0.15, 0.2) is 60.7 Å². The summed E-state index contributed by atoms with van der Waals surface area (Å²) in [7, 11) is 0. The van der Waals surface area contributed by atoms with Gasteiger partial charge in [0.25, 0.3) is 5.97 Å². The molecule has 2 aromatic rings. The average molecular weight is 555 g/mol. The van der Waals surface area contributed by atoms with E-state index in [0.717, 1.165) is 50.9 Å².